The summed E-state index contributed by atoms with van der Waals surface area (Å²) >= 11 is 9.30. The zero-order valence-corrected chi connectivity index (χ0v) is 13.3. The summed E-state index contributed by atoms with van der Waals surface area (Å²) in [6.45, 7) is 4.84. The molecule has 1 aromatic rings. The van der Waals surface area contributed by atoms with Gasteiger partial charge in [-0.05, 0) is 47.5 Å². The van der Waals surface area contributed by atoms with Crippen LogP contribution in [0.1, 0.15) is 19.4 Å². The molecule has 0 unspecified atom stereocenters. The van der Waals surface area contributed by atoms with E-state index in [0.717, 1.165) is 10.0 Å². The summed E-state index contributed by atoms with van der Waals surface area (Å²) in [5.41, 5.74) is 0.910. The molecule has 0 spiro atoms. The molecule has 0 aliphatic rings. The number of benzene rings is 1. The summed E-state index contributed by atoms with van der Waals surface area (Å²) in [5.74, 6) is -0.289. The lowest BCUT2D eigenvalue weighted by Crippen LogP contribution is -2.38. The van der Waals surface area contributed by atoms with E-state index in [4.69, 9.17) is 21.1 Å². The number of carbonyl (C=O) groups excluding carboxylic acids is 1. The number of nitrogens with one attached hydrogen (secondary N) is 1. The number of hydrogen-bond acceptors (Lipinski definition) is 3. The molecule has 0 atom stereocenters. The van der Waals surface area contributed by atoms with Crippen LogP contribution >= 0.6 is 27.5 Å². The summed E-state index contributed by atoms with van der Waals surface area (Å²) in [6, 6.07) is 5.52. The van der Waals surface area contributed by atoms with Crippen LogP contribution in [0.15, 0.2) is 22.7 Å². The summed E-state index contributed by atoms with van der Waals surface area (Å²) in [7, 11) is 0. The maximum absolute atomic E-state index is 11.8. The Morgan fingerprint density at radius 1 is 1.37 bits per heavy atom. The van der Waals surface area contributed by atoms with Gasteiger partial charge in [-0.2, -0.15) is 0 Å². The Bertz CT molecular complexity index is 422. The molecule has 0 fully saturated rings. The predicted octanol–water partition coefficient (Wildman–Crippen LogP) is 3.12. The van der Waals surface area contributed by atoms with Gasteiger partial charge in [-0.1, -0.05) is 17.7 Å². The third-order valence-electron chi connectivity index (χ3n) is 2.30. The van der Waals surface area contributed by atoms with Crippen LogP contribution in [-0.4, -0.2) is 25.4 Å². The molecule has 19 heavy (non-hydrogen) atoms. The number of hydrogen-bond donors (Lipinski definition) is 1. The van der Waals surface area contributed by atoms with Gasteiger partial charge < -0.3 is 14.8 Å². The third-order valence-corrected chi connectivity index (χ3v) is 3.53. The van der Waals surface area contributed by atoms with Crippen LogP contribution in [0.25, 0.3) is 0 Å². The lowest BCUT2D eigenvalue weighted by Gasteiger charge is -2.16. The van der Waals surface area contributed by atoms with E-state index in [1.807, 2.05) is 26.0 Å². The van der Waals surface area contributed by atoms with Gasteiger partial charge >= 0.3 is 0 Å². The van der Waals surface area contributed by atoms with Gasteiger partial charge in [0.1, 0.15) is 0 Å². The number of carbonyl (C=O) groups is 1. The molecule has 0 bridgehead atoms. The van der Waals surface area contributed by atoms with Crippen LogP contribution < -0.4 is 5.32 Å². The zero-order valence-electron chi connectivity index (χ0n) is 10.9. The van der Waals surface area contributed by atoms with Gasteiger partial charge in [-0.15, -0.1) is 0 Å². The first-order valence-corrected chi connectivity index (χ1v) is 7.20. The van der Waals surface area contributed by atoms with Crippen molar-refractivity contribution in [2.75, 3.05) is 13.2 Å². The van der Waals surface area contributed by atoms with Gasteiger partial charge in [0.25, 0.3) is 5.91 Å². The molecule has 106 valence electrons. The van der Waals surface area contributed by atoms with Gasteiger partial charge in [-0.3, -0.25) is 4.79 Å². The van der Waals surface area contributed by atoms with Crippen LogP contribution in [-0.2, 0) is 20.8 Å². The molecule has 4 nitrogen and oxygen atoms in total. The summed E-state index contributed by atoms with van der Waals surface area (Å²) in [4.78, 5) is 11.8. The molecule has 0 saturated heterocycles. The van der Waals surface area contributed by atoms with Crippen LogP contribution in [0.4, 0.5) is 0 Å². The smallest absolute Gasteiger partial charge is 0.277 e. The fourth-order valence-electron chi connectivity index (χ4n) is 1.42. The van der Waals surface area contributed by atoms with Crippen LogP contribution in [0.3, 0.4) is 0 Å². The first-order chi connectivity index (χ1) is 9.08. The van der Waals surface area contributed by atoms with Crippen LogP contribution in [0.2, 0.25) is 5.02 Å². The van der Waals surface area contributed by atoms with Crippen molar-refractivity contribution in [3.05, 3.63) is 33.3 Å². The van der Waals surface area contributed by atoms with Gasteiger partial charge in [-0.25, -0.2) is 0 Å². The van der Waals surface area contributed by atoms with Crippen molar-refractivity contribution < 1.29 is 14.3 Å². The van der Waals surface area contributed by atoms with E-state index >= 15 is 0 Å². The molecule has 1 amide bonds. The minimum Gasteiger partial charge on any atom is -0.348 e. The third kappa shape index (κ3) is 5.48. The monoisotopic (exact) mass is 349 g/mol. The van der Waals surface area contributed by atoms with E-state index in [1.165, 1.54) is 0 Å². The maximum Gasteiger partial charge on any atom is 0.277 e. The average molecular weight is 351 g/mol. The van der Waals surface area contributed by atoms with Crippen molar-refractivity contribution in [2.24, 2.45) is 0 Å². The molecule has 0 heterocycles. The quantitative estimate of drug-likeness (QED) is 0.769. The molecule has 1 aromatic carbocycles. The van der Waals surface area contributed by atoms with Gasteiger partial charge in [0, 0.05) is 24.2 Å². The second-order valence-corrected chi connectivity index (χ2v) is 4.97. The van der Waals surface area contributed by atoms with Crippen molar-refractivity contribution in [1.29, 1.82) is 0 Å². The van der Waals surface area contributed by atoms with Crippen LogP contribution in [0, 0.1) is 0 Å². The van der Waals surface area contributed by atoms with E-state index in [0.29, 0.717) is 24.8 Å². The molecular weight excluding hydrogens is 334 g/mol. The van der Waals surface area contributed by atoms with E-state index in [2.05, 4.69) is 21.2 Å². The topological polar surface area (TPSA) is 47.6 Å². The normalized spacial score (nSPS) is 10.8. The summed E-state index contributed by atoms with van der Waals surface area (Å²) in [5, 5.41) is 3.36. The second-order valence-electron chi connectivity index (χ2n) is 3.71. The Balaban J connectivity index is 2.54. The van der Waals surface area contributed by atoms with Gasteiger partial charge in [0.15, 0.2) is 0 Å². The maximum atomic E-state index is 11.8. The van der Waals surface area contributed by atoms with Crippen molar-refractivity contribution in [2.45, 2.75) is 26.7 Å². The van der Waals surface area contributed by atoms with Crippen molar-refractivity contribution >= 4 is 33.4 Å². The Labute approximate surface area is 126 Å². The minimum atomic E-state index is -0.860. The van der Waals surface area contributed by atoms with Gasteiger partial charge in [0.05, 0.1) is 5.02 Å². The Morgan fingerprint density at radius 3 is 2.53 bits per heavy atom. The largest absolute Gasteiger partial charge is 0.348 e. The molecular formula is C13H17BrClNO3. The molecule has 0 saturated carbocycles. The Kier molecular flexibility index (Phi) is 7.38. The Hall–Kier alpha value is -0.620. The Morgan fingerprint density at radius 2 is 2.00 bits per heavy atom. The van der Waals surface area contributed by atoms with E-state index < -0.39 is 6.29 Å². The molecule has 6 heteroatoms. The van der Waals surface area contributed by atoms with Crippen molar-refractivity contribution in [1.82, 2.24) is 5.32 Å². The van der Waals surface area contributed by atoms with Crippen molar-refractivity contribution in [3.8, 4) is 0 Å². The highest BCUT2D eigenvalue weighted by atomic mass is 79.9. The van der Waals surface area contributed by atoms with Gasteiger partial charge in [0.2, 0.25) is 6.29 Å². The molecule has 0 aliphatic heterocycles. The second kappa shape index (κ2) is 8.53. The lowest BCUT2D eigenvalue weighted by molar-refractivity contribution is -0.170. The minimum absolute atomic E-state index is 0.289. The number of halogens is 2. The van der Waals surface area contributed by atoms with E-state index in [9.17, 15) is 4.79 Å². The van der Waals surface area contributed by atoms with Crippen LogP contribution in [0.5, 0.6) is 0 Å². The number of ether oxygens (including phenoxy) is 2. The molecule has 0 aromatic heterocycles. The fourth-order valence-corrected chi connectivity index (χ4v) is 1.87. The fraction of sp³-hybridized carbons (Fsp3) is 0.462. The van der Waals surface area contributed by atoms with E-state index in [1.54, 1.807) is 6.07 Å². The standard InChI is InChI=1S/C13H17BrClNO3/c1-3-18-13(19-4-2)12(17)16-8-9-5-6-10(14)11(15)7-9/h5-7,13H,3-4,8H2,1-2H3,(H,16,17). The number of amides is 1. The zero-order chi connectivity index (χ0) is 14.3. The highest BCUT2D eigenvalue weighted by Crippen LogP contribution is 2.23. The molecule has 1 rings (SSSR count). The number of rotatable bonds is 7. The lowest BCUT2D eigenvalue weighted by atomic mass is 10.2. The SMILES string of the molecule is CCOC(OCC)C(=O)NCc1ccc(Br)c(Cl)c1. The average Bonchev–Trinajstić information content (AvgIpc) is 2.39. The first-order valence-electron chi connectivity index (χ1n) is 6.03. The highest BCUT2D eigenvalue weighted by Gasteiger charge is 2.18. The molecule has 1 N–H and O–H groups in total. The summed E-state index contributed by atoms with van der Waals surface area (Å²) in [6.07, 6.45) is -0.860. The highest BCUT2D eigenvalue weighted by molar-refractivity contribution is 9.10. The molecule has 0 aliphatic carbocycles. The van der Waals surface area contributed by atoms with E-state index in [-0.39, 0.29) is 5.91 Å². The van der Waals surface area contributed by atoms with Crippen molar-refractivity contribution in [3.63, 3.8) is 0 Å². The summed E-state index contributed by atoms with van der Waals surface area (Å²) < 4.78 is 11.2. The first kappa shape index (κ1) is 16.4. The molecule has 0 radical (unpaired) electrons. The predicted molar refractivity (Wildman–Crippen MR) is 78.0 cm³/mol.